The fourth-order valence-electron chi connectivity index (χ4n) is 1.20. The van der Waals surface area contributed by atoms with Gasteiger partial charge in [0.2, 0.25) is 0 Å². The van der Waals surface area contributed by atoms with E-state index in [1.807, 2.05) is 0 Å². The number of nitrogens with one attached hydrogen (secondary N) is 1. The molecule has 0 spiro atoms. The molecule has 0 heterocycles. The Hall–Kier alpha value is -2.02. The second kappa shape index (κ2) is 5.01. The number of nitro benzene ring substituents is 1. The molecule has 1 N–H and O–H groups in total. The van der Waals surface area contributed by atoms with Gasteiger partial charge < -0.3 is 5.32 Å². The SMILES string of the molecule is CC#CCNc1ccc([N+](=O)[O-])c(C)c1. The molecule has 1 aromatic carbocycles. The van der Waals surface area contributed by atoms with Gasteiger partial charge in [0.05, 0.1) is 11.5 Å². The number of rotatable bonds is 3. The summed E-state index contributed by atoms with van der Waals surface area (Å²) >= 11 is 0. The van der Waals surface area contributed by atoms with Crippen LogP contribution in [0.4, 0.5) is 11.4 Å². The molecule has 0 unspecified atom stereocenters. The van der Waals surface area contributed by atoms with E-state index in [2.05, 4.69) is 17.2 Å². The summed E-state index contributed by atoms with van der Waals surface area (Å²) in [6.45, 7) is 4.03. The third-order valence-corrected chi connectivity index (χ3v) is 1.95. The van der Waals surface area contributed by atoms with Gasteiger partial charge in [0, 0.05) is 17.3 Å². The maximum Gasteiger partial charge on any atom is 0.272 e. The molecule has 0 saturated carbocycles. The zero-order valence-electron chi connectivity index (χ0n) is 8.70. The molecular formula is C11H12N2O2. The summed E-state index contributed by atoms with van der Waals surface area (Å²) in [5, 5.41) is 13.6. The van der Waals surface area contributed by atoms with Crippen LogP contribution in [0.5, 0.6) is 0 Å². The Balaban J connectivity index is 2.80. The number of benzene rings is 1. The van der Waals surface area contributed by atoms with Crippen LogP contribution in [0, 0.1) is 28.9 Å². The first-order valence-corrected chi connectivity index (χ1v) is 4.53. The van der Waals surface area contributed by atoms with Crippen LogP contribution in [0.1, 0.15) is 12.5 Å². The molecule has 0 saturated heterocycles. The average molecular weight is 204 g/mol. The van der Waals surface area contributed by atoms with Crippen LogP contribution in [0.3, 0.4) is 0 Å². The molecule has 0 aliphatic heterocycles. The molecule has 1 aromatic rings. The Morgan fingerprint density at radius 2 is 2.27 bits per heavy atom. The first-order valence-electron chi connectivity index (χ1n) is 4.53. The zero-order chi connectivity index (χ0) is 11.3. The molecule has 4 nitrogen and oxygen atoms in total. The second-order valence-electron chi connectivity index (χ2n) is 3.04. The van der Waals surface area contributed by atoms with E-state index in [1.165, 1.54) is 6.07 Å². The number of hydrogen-bond donors (Lipinski definition) is 1. The van der Waals surface area contributed by atoms with Gasteiger partial charge >= 0.3 is 0 Å². The van der Waals surface area contributed by atoms with Gasteiger partial charge in [-0.3, -0.25) is 10.1 Å². The van der Waals surface area contributed by atoms with Gasteiger partial charge in [-0.2, -0.15) is 0 Å². The highest BCUT2D eigenvalue weighted by Crippen LogP contribution is 2.21. The van der Waals surface area contributed by atoms with Crippen molar-refractivity contribution in [3.8, 4) is 11.8 Å². The summed E-state index contributed by atoms with van der Waals surface area (Å²) in [5.74, 6) is 5.62. The largest absolute Gasteiger partial charge is 0.374 e. The van der Waals surface area contributed by atoms with Crippen molar-refractivity contribution in [3.05, 3.63) is 33.9 Å². The number of aryl methyl sites for hydroxylation is 1. The lowest BCUT2D eigenvalue weighted by Crippen LogP contribution is -1.99. The minimum Gasteiger partial charge on any atom is -0.374 e. The highest BCUT2D eigenvalue weighted by atomic mass is 16.6. The van der Waals surface area contributed by atoms with Crippen LogP contribution in [0.25, 0.3) is 0 Å². The lowest BCUT2D eigenvalue weighted by Gasteiger charge is -2.03. The summed E-state index contributed by atoms with van der Waals surface area (Å²) in [6, 6.07) is 4.93. The standard InChI is InChI=1S/C11H12N2O2/c1-3-4-7-12-10-5-6-11(13(14)15)9(2)8-10/h5-6,8,12H,7H2,1-2H3. The number of hydrogen-bond acceptors (Lipinski definition) is 3. The molecule has 78 valence electrons. The summed E-state index contributed by atoms with van der Waals surface area (Å²) < 4.78 is 0. The molecule has 0 aliphatic carbocycles. The van der Waals surface area contributed by atoms with Crippen molar-refractivity contribution in [2.24, 2.45) is 0 Å². The van der Waals surface area contributed by atoms with E-state index in [1.54, 1.807) is 26.0 Å². The minimum absolute atomic E-state index is 0.141. The third kappa shape index (κ3) is 2.99. The van der Waals surface area contributed by atoms with Crippen molar-refractivity contribution in [2.45, 2.75) is 13.8 Å². The van der Waals surface area contributed by atoms with Crippen molar-refractivity contribution >= 4 is 11.4 Å². The van der Waals surface area contributed by atoms with E-state index in [9.17, 15) is 10.1 Å². The summed E-state index contributed by atoms with van der Waals surface area (Å²) in [5.41, 5.74) is 1.64. The normalized spacial score (nSPS) is 8.93. The maximum absolute atomic E-state index is 10.6. The van der Waals surface area contributed by atoms with Crippen molar-refractivity contribution in [3.63, 3.8) is 0 Å². The topological polar surface area (TPSA) is 55.2 Å². The van der Waals surface area contributed by atoms with Gasteiger partial charge in [-0.1, -0.05) is 5.92 Å². The van der Waals surface area contributed by atoms with Crippen LogP contribution in [0.15, 0.2) is 18.2 Å². The Kier molecular flexibility index (Phi) is 3.69. The van der Waals surface area contributed by atoms with Gasteiger partial charge in [0.25, 0.3) is 5.69 Å². The van der Waals surface area contributed by atoms with Crippen molar-refractivity contribution in [1.29, 1.82) is 0 Å². The van der Waals surface area contributed by atoms with E-state index in [-0.39, 0.29) is 10.6 Å². The highest BCUT2D eigenvalue weighted by molar-refractivity contribution is 5.53. The van der Waals surface area contributed by atoms with Crippen LogP contribution in [-0.2, 0) is 0 Å². The predicted octanol–water partition coefficient (Wildman–Crippen LogP) is 2.34. The molecule has 0 atom stereocenters. The minimum atomic E-state index is -0.384. The van der Waals surface area contributed by atoms with E-state index < -0.39 is 0 Å². The molecule has 0 aliphatic rings. The Bertz CT molecular complexity index is 430. The molecule has 0 amide bonds. The van der Waals surface area contributed by atoms with E-state index in [4.69, 9.17) is 0 Å². The van der Waals surface area contributed by atoms with Crippen LogP contribution in [0.2, 0.25) is 0 Å². The van der Waals surface area contributed by atoms with Crippen molar-refractivity contribution < 1.29 is 4.92 Å². The molecule has 1 rings (SSSR count). The number of anilines is 1. The maximum atomic E-state index is 10.6. The van der Waals surface area contributed by atoms with Gasteiger partial charge in [0.1, 0.15) is 0 Å². The average Bonchev–Trinajstić information content (AvgIpc) is 2.17. The summed E-state index contributed by atoms with van der Waals surface area (Å²) in [6.07, 6.45) is 0. The van der Waals surface area contributed by atoms with Gasteiger partial charge in [0.15, 0.2) is 0 Å². The zero-order valence-corrected chi connectivity index (χ0v) is 8.70. The quantitative estimate of drug-likeness (QED) is 0.467. The first kappa shape index (κ1) is 11.1. The van der Waals surface area contributed by atoms with Gasteiger partial charge in [-0.25, -0.2) is 0 Å². The predicted molar refractivity (Wildman–Crippen MR) is 59.8 cm³/mol. The van der Waals surface area contributed by atoms with E-state index in [0.717, 1.165) is 5.69 Å². The molecule has 0 bridgehead atoms. The molecule has 15 heavy (non-hydrogen) atoms. The lowest BCUT2D eigenvalue weighted by molar-refractivity contribution is -0.385. The highest BCUT2D eigenvalue weighted by Gasteiger charge is 2.09. The second-order valence-corrected chi connectivity index (χ2v) is 3.04. The molecule has 0 fully saturated rings. The monoisotopic (exact) mass is 204 g/mol. The molecular weight excluding hydrogens is 192 g/mol. The third-order valence-electron chi connectivity index (χ3n) is 1.95. The van der Waals surface area contributed by atoms with Crippen LogP contribution < -0.4 is 5.32 Å². The van der Waals surface area contributed by atoms with E-state index in [0.29, 0.717) is 12.1 Å². The first-order chi connectivity index (χ1) is 7.15. The summed E-state index contributed by atoms with van der Waals surface area (Å²) in [7, 11) is 0. The van der Waals surface area contributed by atoms with Crippen molar-refractivity contribution in [1.82, 2.24) is 0 Å². The lowest BCUT2D eigenvalue weighted by atomic mass is 10.2. The Morgan fingerprint density at radius 3 is 2.80 bits per heavy atom. The van der Waals surface area contributed by atoms with Gasteiger partial charge in [-0.15, -0.1) is 5.92 Å². The molecule has 4 heteroatoms. The number of nitro groups is 1. The van der Waals surface area contributed by atoms with Crippen LogP contribution in [-0.4, -0.2) is 11.5 Å². The Labute approximate surface area is 88.5 Å². The van der Waals surface area contributed by atoms with E-state index >= 15 is 0 Å². The molecule has 0 radical (unpaired) electrons. The fraction of sp³-hybridized carbons (Fsp3) is 0.273. The molecule has 0 aromatic heterocycles. The fourth-order valence-corrected chi connectivity index (χ4v) is 1.20. The van der Waals surface area contributed by atoms with Gasteiger partial charge in [-0.05, 0) is 26.0 Å². The Morgan fingerprint density at radius 1 is 1.53 bits per heavy atom. The smallest absolute Gasteiger partial charge is 0.272 e. The summed E-state index contributed by atoms with van der Waals surface area (Å²) in [4.78, 5) is 10.2. The van der Waals surface area contributed by atoms with Crippen LogP contribution >= 0.6 is 0 Å². The number of nitrogens with zero attached hydrogens (tertiary/aromatic N) is 1. The van der Waals surface area contributed by atoms with Crippen molar-refractivity contribution in [2.75, 3.05) is 11.9 Å².